The molecule has 29 heavy (non-hydrogen) atoms. The summed E-state index contributed by atoms with van der Waals surface area (Å²) in [6, 6.07) is 16.3. The molecule has 0 aliphatic heterocycles. The van der Waals surface area contributed by atoms with Crippen molar-refractivity contribution in [3.63, 3.8) is 0 Å². The van der Waals surface area contributed by atoms with Gasteiger partial charge in [0.15, 0.2) is 0 Å². The summed E-state index contributed by atoms with van der Waals surface area (Å²) in [4.78, 5) is 14.3. The Hall–Kier alpha value is -3.08. The lowest BCUT2D eigenvalue weighted by molar-refractivity contribution is -0.128. The van der Waals surface area contributed by atoms with E-state index < -0.39 is 0 Å². The number of nitriles is 1. The maximum absolute atomic E-state index is 12.6. The van der Waals surface area contributed by atoms with Gasteiger partial charge in [0.1, 0.15) is 0 Å². The van der Waals surface area contributed by atoms with E-state index in [1.165, 1.54) is 11.8 Å². The van der Waals surface area contributed by atoms with Crippen molar-refractivity contribution in [2.45, 2.75) is 11.8 Å². The molecular formula is C21H17ClN4O2S. The minimum atomic E-state index is -0.0782. The van der Waals surface area contributed by atoms with Crippen molar-refractivity contribution in [2.75, 3.05) is 12.3 Å². The van der Waals surface area contributed by atoms with Gasteiger partial charge in [-0.3, -0.25) is 4.79 Å². The van der Waals surface area contributed by atoms with Crippen LogP contribution in [-0.2, 0) is 11.3 Å². The fourth-order valence-electron chi connectivity index (χ4n) is 2.51. The lowest BCUT2D eigenvalue weighted by Gasteiger charge is -2.20. The van der Waals surface area contributed by atoms with Crippen LogP contribution in [0, 0.1) is 11.3 Å². The molecule has 0 saturated heterocycles. The average Bonchev–Trinajstić information content (AvgIpc) is 3.22. The highest BCUT2D eigenvalue weighted by Crippen LogP contribution is 2.24. The van der Waals surface area contributed by atoms with Crippen LogP contribution < -0.4 is 0 Å². The Bertz CT molecular complexity index is 1030. The lowest BCUT2D eigenvalue weighted by Crippen LogP contribution is -2.32. The molecule has 6 nitrogen and oxygen atoms in total. The van der Waals surface area contributed by atoms with Gasteiger partial charge >= 0.3 is 0 Å². The van der Waals surface area contributed by atoms with Gasteiger partial charge in [0.05, 0.1) is 17.4 Å². The average molecular weight is 425 g/mol. The number of carbonyl (C=O) groups is 1. The molecule has 0 fully saturated rings. The molecule has 1 amide bonds. The van der Waals surface area contributed by atoms with Crippen molar-refractivity contribution in [1.82, 2.24) is 15.1 Å². The van der Waals surface area contributed by atoms with Crippen LogP contribution in [0.1, 0.15) is 11.1 Å². The summed E-state index contributed by atoms with van der Waals surface area (Å²) in [7, 11) is 0. The molecule has 0 radical (unpaired) electrons. The first-order valence-electron chi connectivity index (χ1n) is 8.69. The summed E-state index contributed by atoms with van der Waals surface area (Å²) in [5, 5.41) is 17.8. The standard InChI is InChI=1S/C21H17ClN4O2S/c1-2-11-26(13-16-5-3-15(12-23)4-6-16)19(27)14-29-21-25-24-20(28-21)17-7-9-18(22)10-8-17/h2-10H,1,11,13-14H2. The van der Waals surface area contributed by atoms with Gasteiger partial charge in [-0.25, -0.2) is 0 Å². The summed E-state index contributed by atoms with van der Waals surface area (Å²) in [6.07, 6.45) is 1.68. The van der Waals surface area contributed by atoms with Gasteiger partial charge in [-0.15, -0.1) is 16.8 Å². The van der Waals surface area contributed by atoms with Crippen molar-refractivity contribution in [3.05, 3.63) is 77.3 Å². The summed E-state index contributed by atoms with van der Waals surface area (Å²) in [6.45, 7) is 4.56. The minimum Gasteiger partial charge on any atom is -0.411 e. The number of hydrogen-bond acceptors (Lipinski definition) is 6. The first kappa shape index (κ1) is 20.6. The monoisotopic (exact) mass is 424 g/mol. The molecule has 146 valence electrons. The van der Waals surface area contributed by atoms with Gasteiger partial charge in [-0.05, 0) is 42.0 Å². The zero-order chi connectivity index (χ0) is 20.6. The number of rotatable bonds is 8. The number of aromatic nitrogens is 2. The van der Waals surface area contributed by atoms with Crippen LogP contribution in [0.25, 0.3) is 11.5 Å². The van der Waals surface area contributed by atoms with E-state index in [4.69, 9.17) is 21.3 Å². The molecule has 3 rings (SSSR count). The first-order chi connectivity index (χ1) is 14.1. The molecule has 0 unspecified atom stereocenters. The van der Waals surface area contributed by atoms with Gasteiger partial charge < -0.3 is 9.32 Å². The molecule has 0 bridgehead atoms. The Morgan fingerprint density at radius 3 is 2.59 bits per heavy atom. The largest absolute Gasteiger partial charge is 0.411 e. The number of hydrogen-bond donors (Lipinski definition) is 0. The van der Waals surface area contributed by atoms with Gasteiger partial charge in [0.25, 0.3) is 5.22 Å². The molecule has 0 atom stereocenters. The highest BCUT2D eigenvalue weighted by Gasteiger charge is 2.16. The van der Waals surface area contributed by atoms with Crippen LogP contribution >= 0.6 is 23.4 Å². The minimum absolute atomic E-state index is 0.0782. The highest BCUT2D eigenvalue weighted by molar-refractivity contribution is 7.99. The predicted octanol–water partition coefficient (Wildman–Crippen LogP) is 4.57. The Morgan fingerprint density at radius 2 is 1.93 bits per heavy atom. The molecule has 3 aromatic rings. The quantitative estimate of drug-likeness (QED) is 0.389. The van der Waals surface area contributed by atoms with Crippen LogP contribution in [0.15, 0.2) is 70.8 Å². The third kappa shape index (κ3) is 5.70. The molecule has 1 aromatic heterocycles. The van der Waals surface area contributed by atoms with E-state index in [0.717, 1.165) is 11.1 Å². The number of benzene rings is 2. The molecule has 0 N–H and O–H groups in total. The third-order valence-corrected chi connectivity index (χ3v) is 5.03. The molecule has 0 aliphatic carbocycles. The second-order valence-electron chi connectivity index (χ2n) is 6.04. The Balaban J connectivity index is 1.60. The Morgan fingerprint density at radius 1 is 1.21 bits per heavy atom. The van der Waals surface area contributed by atoms with E-state index in [1.54, 1.807) is 47.4 Å². The van der Waals surface area contributed by atoms with Gasteiger partial charge in [-0.2, -0.15) is 5.26 Å². The molecule has 0 saturated carbocycles. The van der Waals surface area contributed by atoms with E-state index in [2.05, 4.69) is 22.8 Å². The molecule has 0 aliphatic rings. The number of halogens is 1. The van der Waals surface area contributed by atoms with Crippen molar-refractivity contribution in [1.29, 1.82) is 5.26 Å². The van der Waals surface area contributed by atoms with E-state index in [-0.39, 0.29) is 11.7 Å². The Kier molecular flexibility index (Phi) is 7.06. The van der Waals surface area contributed by atoms with Crippen LogP contribution in [0.5, 0.6) is 0 Å². The first-order valence-corrected chi connectivity index (χ1v) is 10.1. The second-order valence-corrected chi connectivity index (χ2v) is 7.40. The lowest BCUT2D eigenvalue weighted by atomic mass is 10.1. The van der Waals surface area contributed by atoms with Crippen LogP contribution in [-0.4, -0.2) is 33.3 Å². The summed E-state index contributed by atoms with van der Waals surface area (Å²) < 4.78 is 5.62. The number of nitrogens with zero attached hydrogens (tertiary/aromatic N) is 4. The van der Waals surface area contributed by atoms with Crippen molar-refractivity contribution >= 4 is 29.3 Å². The van der Waals surface area contributed by atoms with Crippen molar-refractivity contribution < 1.29 is 9.21 Å². The predicted molar refractivity (Wildman–Crippen MR) is 112 cm³/mol. The normalized spacial score (nSPS) is 10.3. The van der Waals surface area contributed by atoms with Crippen LogP contribution in [0.2, 0.25) is 5.02 Å². The maximum Gasteiger partial charge on any atom is 0.277 e. The van der Waals surface area contributed by atoms with Crippen LogP contribution in [0.3, 0.4) is 0 Å². The molecule has 8 heteroatoms. The van der Waals surface area contributed by atoms with Crippen LogP contribution in [0.4, 0.5) is 0 Å². The summed E-state index contributed by atoms with van der Waals surface area (Å²) in [5.74, 6) is 0.453. The van der Waals surface area contributed by atoms with E-state index in [0.29, 0.717) is 34.8 Å². The smallest absolute Gasteiger partial charge is 0.277 e. The molecular weight excluding hydrogens is 408 g/mol. The highest BCUT2D eigenvalue weighted by atomic mass is 35.5. The zero-order valence-electron chi connectivity index (χ0n) is 15.4. The number of amides is 1. The topological polar surface area (TPSA) is 83.0 Å². The molecule has 1 heterocycles. The third-order valence-electron chi connectivity index (χ3n) is 3.98. The SMILES string of the molecule is C=CCN(Cc1ccc(C#N)cc1)C(=O)CSc1nnc(-c2ccc(Cl)cc2)o1. The fourth-order valence-corrected chi connectivity index (χ4v) is 3.30. The number of thioether (sulfide) groups is 1. The van der Waals surface area contributed by atoms with Crippen molar-refractivity contribution in [3.8, 4) is 17.5 Å². The maximum atomic E-state index is 12.6. The fraction of sp³-hybridized carbons (Fsp3) is 0.143. The summed E-state index contributed by atoms with van der Waals surface area (Å²) >= 11 is 7.07. The summed E-state index contributed by atoms with van der Waals surface area (Å²) in [5.41, 5.74) is 2.28. The molecule has 2 aromatic carbocycles. The Labute approximate surface area is 177 Å². The second kappa shape index (κ2) is 9.92. The number of carbonyl (C=O) groups excluding carboxylic acids is 1. The van der Waals surface area contributed by atoms with Gasteiger partial charge in [0.2, 0.25) is 11.8 Å². The van der Waals surface area contributed by atoms with Gasteiger partial charge in [-0.1, -0.05) is 41.6 Å². The van der Waals surface area contributed by atoms with Crippen molar-refractivity contribution in [2.24, 2.45) is 0 Å². The van der Waals surface area contributed by atoms with E-state index >= 15 is 0 Å². The van der Waals surface area contributed by atoms with E-state index in [9.17, 15) is 4.79 Å². The zero-order valence-corrected chi connectivity index (χ0v) is 17.0. The van der Waals surface area contributed by atoms with E-state index in [1.807, 2.05) is 12.1 Å². The molecule has 0 spiro atoms. The van der Waals surface area contributed by atoms with Gasteiger partial charge in [0, 0.05) is 23.7 Å².